The maximum absolute atomic E-state index is 12.5. The topological polar surface area (TPSA) is 83.3 Å². The van der Waals surface area contributed by atoms with Crippen LogP contribution in [0.25, 0.3) is 0 Å². The summed E-state index contributed by atoms with van der Waals surface area (Å²) in [5, 5.41) is 17.1. The first kappa shape index (κ1) is 17.6. The predicted molar refractivity (Wildman–Crippen MR) is 95.1 cm³/mol. The van der Waals surface area contributed by atoms with E-state index in [4.69, 9.17) is 0 Å². The number of carbonyl (C=O) groups is 1. The number of carbonyl (C=O) groups excluding carboxylic acids is 1. The molecule has 1 amide bonds. The first-order chi connectivity index (χ1) is 11.8. The van der Waals surface area contributed by atoms with E-state index in [2.05, 4.69) is 26.4 Å². The van der Waals surface area contributed by atoms with Crippen LogP contribution in [0.5, 0.6) is 0 Å². The summed E-state index contributed by atoms with van der Waals surface area (Å²) in [5.41, 5.74) is 2.52. The average molecular weight is 343 g/mol. The SMILES string of the molecule is CC(C(=O)Nc1cccc2c1CCN(CC(C)(C)O)C2)n1cncn1. The van der Waals surface area contributed by atoms with Crippen LogP contribution in [0.15, 0.2) is 30.9 Å². The fraction of sp³-hybridized carbons (Fsp3) is 0.500. The van der Waals surface area contributed by atoms with Crippen molar-refractivity contribution >= 4 is 11.6 Å². The number of anilines is 1. The van der Waals surface area contributed by atoms with Crippen LogP contribution in [0.2, 0.25) is 0 Å². The Labute approximate surface area is 147 Å². The number of rotatable bonds is 5. The highest BCUT2D eigenvalue weighted by Gasteiger charge is 2.25. The molecule has 25 heavy (non-hydrogen) atoms. The van der Waals surface area contributed by atoms with Crippen LogP contribution in [0.1, 0.15) is 37.9 Å². The van der Waals surface area contributed by atoms with E-state index >= 15 is 0 Å². The van der Waals surface area contributed by atoms with E-state index in [-0.39, 0.29) is 5.91 Å². The Morgan fingerprint density at radius 2 is 2.24 bits per heavy atom. The van der Waals surface area contributed by atoms with Crippen molar-refractivity contribution in [2.24, 2.45) is 0 Å². The van der Waals surface area contributed by atoms with Gasteiger partial charge in [0.05, 0.1) is 5.60 Å². The highest BCUT2D eigenvalue weighted by atomic mass is 16.3. The molecular weight excluding hydrogens is 318 g/mol. The molecule has 1 aliphatic rings. The van der Waals surface area contributed by atoms with Crippen LogP contribution in [-0.4, -0.2) is 49.4 Å². The van der Waals surface area contributed by atoms with Crippen LogP contribution in [0, 0.1) is 0 Å². The maximum Gasteiger partial charge on any atom is 0.249 e. The number of amides is 1. The third-order valence-electron chi connectivity index (χ3n) is 4.43. The molecule has 0 fully saturated rings. The number of nitrogens with zero attached hydrogens (tertiary/aromatic N) is 4. The Hall–Kier alpha value is -2.25. The number of β-amino-alcohol motifs (C(OH)–C–C–N with tert-alkyl or cyclic N) is 1. The quantitative estimate of drug-likeness (QED) is 0.862. The predicted octanol–water partition coefficient (Wildman–Crippen LogP) is 1.61. The summed E-state index contributed by atoms with van der Waals surface area (Å²) in [6.07, 6.45) is 3.81. The van der Waals surface area contributed by atoms with E-state index in [0.717, 1.165) is 25.2 Å². The monoisotopic (exact) mass is 343 g/mol. The molecule has 1 atom stereocenters. The molecule has 1 aromatic heterocycles. The summed E-state index contributed by atoms with van der Waals surface area (Å²) >= 11 is 0. The summed E-state index contributed by atoms with van der Waals surface area (Å²) in [6, 6.07) is 5.56. The zero-order valence-electron chi connectivity index (χ0n) is 14.9. The molecule has 0 spiro atoms. The Morgan fingerprint density at radius 3 is 2.92 bits per heavy atom. The summed E-state index contributed by atoms with van der Waals surface area (Å²) < 4.78 is 1.54. The molecule has 1 aromatic carbocycles. The van der Waals surface area contributed by atoms with Crippen LogP contribution < -0.4 is 5.32 Å². The number of fused-ring (bicyclic) bond motifs is 1. The summed E-state index contributed by atoms with van der Waals surface area (Å²) in [5.74, 6) is -0.113. The maximum atomic E-state index is 12.5. The molecule has 0 radical (unpaired) electrons. The highest BCUT2D eigenvalue weighted by molar-refractivity contribution is 5.94. The van der Waals surface area contributed by atoms with Crippen molar-refractivity contribution in [1.82, 2.24) is 19.7 Å². The number of hydrogen-bond acceptors (Lipinski definition) is 5. The van der Waals surface area contributed by atoms with Gasteiger partial charge in [0.15, 0.2) is 0 Å². The van der Waals surface area contributed by atoms with E-state index in [1.54, 1.807) is 13.3 Å². The molecule has 7 heteroatoms. The van der Waals surface area contributed by atoms with Crippen molar-refractivity contribution in [2.45, 2.75) is 45.4 Å². The Bertz CT molecular complexity index is 736. The fourth-order valence-corrected chi connectivity index (χ4v) is 3.24. The second-order valence-corrected chi connectivity index (χ2v) is 7.26. The van der Waals surface area contributed by atoms with Crippen molar-refractivity contribution in [3.63, 3.8) is 0 Å². The molecule has 2 N–H and O–H groups in total. The third kappa shape index (κ3) is 4.24. The van der Waals surface area contributed by atoms with E-state index < -0.39 is 11.6 Å². The van der Waals surface area contributed by atoms with Gasteiger partial charge in [0.25, 0.3) is 0 Å². The van der Waals surface area contributed by atoms with E-state index in [1.807, 2.05) is 26.0 Å². The second kappa shape index (κ2) is 6.93. The van der Waals surface area contributed by atoms with Crippen LogP contribution in [-0.2, 0) is 17.8 Å². The van der Waals surface area contributed by atoms with Crippen LogP contribution >= 0.6 is 0 Å². The molecule has 0 saturated carbocycles. The van der Waals surface area contributed by atoms with Gasteiger partial charge in [-0.1, -0.05) is 12.1 Å². The lowest BCUT2D eigenvalue weighted by molar-refractivity contribution is -0.119. The molecule has 1 unspecified atom stereocenters. The minimum atomic E-state index is -0.712. The van der Waals surface area contributed by atoms with Gasteiger partial charge < -0.3 is 10.4 Å². The standard InChI is InChI=1S/C18H25N5O2/c1-13(23-12-19-11-20-23)17(24)21-16-6-4-5-14-9-22(8-7-15(14)16)10-18(2,3)25/h4-6,11-13,25H,7-10H2,1-3H3,(H,21,24). The van der Waals surface area contributed by atoms with Gasteiger partial charge in [-0.3, -0.25) is 9.69 Å². The number of aromatic nitrogens is 3. The van der Waals surface area contributed by atoms with Gasteiger partial charge in [-0.2, -0.15) is 5.10 Å². The van der Waals surface area contributed by atoms with Gasteiger partial charge in [0.1, 0.15) is 18.7 Å². The Balaban J connectivity index is 1.73. The number of benzene rings is 1. The van der Waals surface area contributed by atoms with Crippen molar-refractivity contribution < 1.29 is 9.90 Å². The average Bonchev–Trinajstić information content (AvgIpc) is 3.07. The molecule has 2 heterocycles. The number of nitrogens with one attached hydrogen (secondary N) is 1. The first-order valence-corrected chi connectivity index (χ1v) is 8.54. The van der Waals surface area contributed by atoms with Crippen molar-refractivity contribution in [3.05, 3.63) is 42.0 Å². The summed E-state index contributed by atoms with van der Waals surface area (Å²) in [6.45, 7) is 7.72. The third-order valence-corrected chi connectivity index (χ3v) is 4.43. The van der Waals surface area contributed by atoms with Gasteiger partial charge in [-0.15, -0.1) is 0 Å². The van der Waals surface area contributed by atoms with Gasteiger partial charge in [-0.25, -0.2) is 9.67 Å². The van der Waals surface area contributed by atoms with E-state index in [0.29, 0.717) is 6.54 Å². The normalized spacial score (nSPS) is 16.3. The van der Waals surface area contributed by atoms with Crippen LogP contribution in [0.3, 0.4) is 0 Å². The fourth-order valence-electron chi connectivity index (χ4n) is 3.24. The molecule has 2 aromatic rings. The van der Waals surface area contributed by atoms with Crippen molar-refractivity contribution in [2.75, 3.05) is 18.4 Å². The van der Waals surface area contributed by atoms with Crippen molar-refractivity contribution in [1.29, 1.82) is 0 Å². The van der Waals surface area contributed by atoms with Gasteiger partial charge in [-0.05, 0) is 44.4 Å². The second-order valence-electron chi connectivity index (χ2n) is 7.26. The molecule has 0 saturated heterocycles. The first-order valence-electron chi connectivity index (χ1n) is 8.54. The van der Waals surface area contributed by atoms with E-state index in [1.165, 1.54) is 22.1 Å². The minimum Gasteiger partial charge on any atom is -0.389 e. The van der Waals surface area contributed by atoms with Gasteiger partial charge >= 0.3 is 0 Å². The van der Waals surface area contributed by atoms with Crippen LogP contribution in [0.4, 0.5) is 5.69 Å². The Morgan fingerprint density at radius 1 is 1.44 bits per heavy atom. The highest BCUT2D eigenvalue weighted by Crippen LogP contribution is 2.27. The number of hydrogen-bond donors (Lipinski definition) is 2. The lowest BCUT2D eigenvalue weighted by Gasteiger charge is -2.34. The zero-order chi connectivity index (χ0) is 18.0. The molecule has 7 nitrogen and oxygen atoms in total. The van der Waals surface area contributed by atoms with Crippen molar-refractivity contribution in [3.8, 4) is 0 Å². The summed E-state index contributed by atoms with van der Waals surface area (Å²) in [4.78, 5) is 18.6. The summed E-state index contributed by atoms with van der Waals surface area (Å²) in [7, 11) is 0. The molecule has 0 aliphatic carbocycles. The molecule has 3 rings (SSSR count). The lowest BCUT2D eigenvalue weighted by Crippen LogP contribution is -2.41. The minimum absolute atomic E-state index is 0.113. The molecule has 134 valence electrons. The smallest absolute Gasteiger partial charge is 0.249 e. The van der Waals surface area contributed by atoms with E-state index in [9.17, 15) is 9.90 Å². The Kier molecular flexibility index (Phi) is 4.87. The molecule has 0 bridgehead atoms. The van der Waals surface area contributed by atoms with Gasteiger partial charge in [0.2, 0.25) is 5.91 Å². The van der Waals surface area contributed by atoms with Gasteiger partial charge in [0, 0.05) is 25.3 Å². The molecule has 1 aliphatic heterocycles. The zero-order valence-corrected chi connectivity index (χ0v) is 14.9. The number of aliphatic hydroxyl groups is 1. The molecular formula is C18H25N5O2. The lowest BCUT2D eigenvalue weighted by atomic mass is 9.96. The largest absolute Gasteiger partial charge is 0.389 e.